The van der Waals surface area contributed by atoms with E-state index in [4.69, 9.17) is 9.47 Å². The molecule has 1 unspecified atom stereocenters. The van der Waals surface area contributed by atoms with Gasteiger partial charge in [-0.1, -0.05) is 13.8 Å². The summed E-state index contributed by atoms with van der Waals surface area (Å²) in [5, 5.41) is 2.72. The number of hydrogen-bond donors (Lipinski definition) is 2. The highest BCUT2D eigenvalue weighted by atomic mass is 16.6. The number of nitrogens with zero attached hydrogens (tertiary/aromatic N) is 1. The average molecular weight is 323 g/mol. The van der Waals surface area contributed by atoms with E-state index in [0.717, 1.165) is 18.8 Å². The minimum absolute atomic E-state index is 0.116. The molecule has 2 N–H and O–H groups in total. The number of rotatable bonds is 7. The maximum absolute atomic E-state index is 12.1. The third kappa shape index (κ3) is 5.16. The van der Waals surface area contributed by atoms with Gasteiger partial charge >= 0.3 is 0 Å². The van der Waals surface area contributed by atoms with E-state index in [-0.39, 0.29) is 17.2 Å². The number of ether oxygens (including phenoxy) is 2. The van der Waals surface area contributed by atoms with Crippen molar-refractivity contribution >= 4 is 5.91 Å². The molecule has 1 amide bonds. The van der Waals surface area contributed by atoms with Gasteiger partial charge in [0.1, 0.15) is 5.56 Å². The van der Waals surface area contributed by atoms with Gasteiger partial charge in [-0.3, -0.25) is 14.5 Å². The summed E-state index contributed by atoms with van der Waals surface area (Å²) in [6, 6.07) is 3.36. The van der Waals surface area contributed by atoms with Gasteiger partial charge in [0.2, 0.25) is 0 Å². The molecule has 23 heavy (non-hydrogen) atoms. The predicted octanol–water partition coefficient (Wildman–Crippen LogP) is 0.362. The number of hydrogen-bond acceptors (Lipinski definition) is 5. The zero-order valence-electron chi connectivity index (χ0n) is 13.8. The molecule has 1 aliphatic rings. The summed E-state index contributed by atoms with van der Waals surface area (Å²) in [6.07, 6.45) is -0.159. The second-order valence-electron chi connectivity index (χ2n) is 5.47. The van der Waals surface area contributed by atoms with Gasteiger partial charge in [0.15, 0.2) is 0 Å². The van der Waals surface area contributed by atoms with Gasteiger partial charge < -0.3 is 19.8 Å². The Balaban J connectivity index is 1.93. The highest BCUT2D eigenvalue weighted by Crippen LogP contribution is 2.02. The quantitative estimate of drug-likeness (QED) is 0.757. The van der Waals surface area contributed by atoms with E-state index in [1.165, 1.54) is 0 Å². The summed E-state index contributed by atoms with van der Waals surface area (Å²) in [6.45, 7) is 8.52. The van der Waals surface area contributed by atoms with Gasteiger partial charge in [-0.15, -0.1) is 0 Å². The van der Waals surface area contributed by atoms with Crippen LogP contribution in [0.25, 0.3) is 0 Å². The molecule has 0 bridgehead atoms. The lowest BCUT2D eigenvalue weighted by atomic mass is 10.2. The zero-order chi connectivity index (χ0) is 16.7. The third-order valence-electron chi connectivity index (χ3n) is 3.88. The fourth-order valence-electron chi connectivity index (χ4n) is 2.43. The number of carbonyl (C=O) groups excluding carboxylic acids is 1. The zero-order valence-corrected chi connectivity index (χ0v) is 13.8. The number of nitrogens with one attached hydrogen (secondary N) is 2. The van der Waals surface area contributed by atoms with Gasteiger partial charge in [0, 0.05) is 18.8 Å². The van der Waals surface area contributed by atoms with Crippen molar-refractivity contribution in [2.24, 2.45) is 0 Å². The summed E-state index contributed by atoms with van der Waals surface area (Å²) < 4.78 is 10.7. The van der Waals surface area contributed by atoms with Crippen LogP contribution in [-0.2, 0) is 16.0 Å². The fraction of sp³-hybridized carbons (Fsp3) is 0.625. The number of aromatic amines is 1. The van der Waals surface area contributed by atoms with Crippen molar-refractivity contribution in [2.45, 2.75) is 26.5 Å². The van der Waals surface area contributed by atoms with E-state index >= 15 is 0 Å². The van der Waals surface area contributed by atoms with Gasteiger partial charge in [0.25, 0.3) is 11.5 Å². The molecular weight excluding hydrogens is 298 g/mol. The van der Waals surface area contributed by atoms with Crippen LogP contribution in [-0.4, -0.2) is 61.3 Å². The van der Waals surface area contributed by atoms with Crippen molar-refractivity contribution in [1.82, 2.24) is 15.2 Å². The molecule has 128 valence electrons. The average Bonchev–Trinajstić information content (AvgIpc) is 2.58. The minimum atomic E-state index is -0.394. The minimum Gasteiger partial charge on any atom is -0.376 e. The van der Waals surface area contributed by atoms with Crippen molar-refractivity contribution in [3.8, 4) is 0 Å². The molecule has 1 atom stereocenters. The van der Waals surface area contributed by atoms with E-state index in [2.05, 4.69) is 29.0 Å². The molecular formula is C16H25N3O4. The first-order chi connectivity index (χ1) is 11.1. The van der Waals surface area contributed by atoms with Crippen LogP contribution in [0.1, 0.15) is 29.9 Å². The summed E-state index contributed by atoms with van der Waals surface area (Å²) in [4.78, 5) is 29.2. The lowest BCUT2D eigenvalue weighted by Crippen LogP contribution is -2.41. The Morgan fingerprint density at radius 1 is 1.35 bits per heavy atom. The Morgan fingerprint density at radius 2 is 2.13 bits per heavy atom. The normalized spacial score (nSPS) is 18.1. The number of carbonyl (C=O) groups is 1. The molecule has 0 saturated carbocycles. The standard InChI is InChI=1S/C16H25N3O4/c1-3-19(4-2)10-12-5-6-14(16(21)18-12)15(20)17-9-13-11-22-7-8-23-13/h5-6,13H,3-4,7-11H2,1-2H3,(H,17,20)(H,18,21). The molecule has 0 radical (unpaired) electrons. The first-order valence-electron chi connectivity index (χ1n) is 8.06. The van der Waals surface area contributed by atoms with Crippen molar-refractivity contribution in [2.75, 3.05) is 39.5 Å². The lowest BCUT2D eigenvalue weighted by Gasteiger charge is -2.23. The number of amides is 1. The smallest absolute Gasteiger partial charge is 0.261 e. The van der Waals surface area contributed by atoms with Crippen LogP contribution in [0.3, 0.4) is 0 Å². The van der Waals surface area contributed by atoms with Crippen LogP contribution in [0.2, 0.25) is 0 Å². The highest BCUT2D eigenvalue weighted by Gasteiger charge is 2.17. The van der Waals surface area contributed by atoms with Gasteiger partial charge in [0.05, 0.1) is 25.9 Å². The van der Waals surface area contributed by atoms with Gasteiger partial charge in [-0.2, -0.15) is 0 Å². The monoisotopic (exact) mass is 323 g/mol. The number of H-pyrrole nitrogens is 1. The molecule has 1 aromatic heterocycles. The molecule has 2 heterocycles. The molecule has 2 rings (SSSR count). The Bertz CT molecular complexity index is 563. The van der Waals surface area contributed by atoms with Crippen molar-refractivity contribution < 1.29 is 14.3 Å². The molecule has 7 heteroatoms. The SMILES string of the molecule is CCN(CC)Cc1ccc(C(=O)NCC2COCCO2)c(=O)[nH]1. The van der Waals surface area contributed by atoms with E-state index in [0.29, 0.717) is 32.9 Å². The van der Waals surface area contributed by atoms with Crippen LogP contribution in [0.4, 0.5) is 0 Å². The van der Waals surface area contributed by atoms with Gasteiger partial charge in [-0.25, -0.2) is 0 Å². The third-order valence-corrected chi connectivity index (χ3v) is 3.88. The van der Waals surface area contributed by atoms with E-state index < -0.39 is 5.91 Å². The Kier molecular flexibility index (Phi) is 6.76. The number of aromatic nitrogens is 1. The molecule has 1 saturated heterocycles. The van der Waals surface area contributed by atoms with Crippen molar-refractivity contribution in [3.63, 3.8) is 0 Å². The Labute approximate surface area is 136 Å². The van der Waals surface area contributed by atoms with E-state index in [1.807, 2.05) is 0 Å². The van der Waals surface area contributed by atoms with E-state index in [9.17, 15) is 9.59 Å². The first-order valence-corrected chi connectivity index (χ1v) is 8.06. The van der Waals surface area contributed by atoms with Crippen LogP contribution in [0.5, 0.6) is 0 Å². The largest absolute Gasteiger partial charge is 0.376 e. The van der Waals surface area contributed by atoms with Crippen molar-refractivity contribution in [3.05, 3.63) is 33.7 Å². The van der Waals surface area contributed by atoms with E-state index in [1.54, 1.807) is 12.1 Å². The molecule has 1 aliphatic heterocycles. The molecule has 1 aromatic rings. The lowest BCUT2D eigenvalue weighted by molar-refractivity contribution is -0.0855. The topological polar surface area (TPSA) is 83.7 Å². The second kappa shape index (κ2) is 8.81. The fourth-order valence-corrected chi connectivity index (χ4v) is 2.43. The van der Waals surface area contributed by atoms with Gasteiger partial charge in [-0.05, 0) is 25.2 Å². The van der Waals surface area contributed by atoms with Crippen molar-refractivity contribution in [1.29, 1.82) is 0 Å². The summed E-state index contributed by atoms with van der Waals surface area (Å²) in [7, 11) is 0. The maximum Gasteiger partial charge on any atom is 0.261 e. The van der Waals surface area contributed by atoms with Crippen LogP contribution in [0.15, 0.2) is 16.9 Å². The second-order valence-corrected chi connectivity index (χ2v) is 5.47. The first kappa shape index (κ1) is 17.7. The van der Waals surface area contributed by atoms with Crippen LogP contribution < -0.4 is 10.9 Å². The highest BCUT2D eigenvalue weighted by molar-refractivity contribution is 5.93. The Morgan fingerprint density at radius 3 is 2.74 bits per heavy atom. The molecule has 1 fully saturated rings. The summed E-state index contributed by atoms with van der Waals surface area (Å²) in [5.74, 6) is -0.394. The maximum atomic E-state index is 12.1. The molecule has 0 spiro atoms. The number of pyridine rings is 1. The molecule has 7 nitrogen and oxygen atoms in total. The Hall–Kier alpha value is -1.70. The summed E-state index contributed by atoms with van der Waals surface area (Å²) in [5.41, 5.74) is 0.553. The molecule has 0 aromatic carbocycles. The van der Waals surface area contributed by atoms with Crippen LogP contribution >= 0.6 is 0 Å². The summed E-state index contributed by atoms with van der Waals surface area (Å²) >= 11 is 0. The molecule has 0 aliphatic carbocycles. The predicted molar refractivity (Wildman–Crippen MR) is 86.6 cm³/mol. The van der Waals surface area contributed by atoms with Crippen LogP contribution in [0, 0.1) is 0 Å².